The maximum atomic E-state index is 12.5. The van der Waals surface area contributed by atoms with E-state index >= 15 is 0 Å². The predicted molar refractivity (Wildman–Crippen MR) is 83.5 cm³/mol. The Morgan fingerprint density at radius 1 is 1.00 bits per heavy atom. The molecule has 0 fully saturated rings. The first kappa shape index (κ1) is 14.6. The minimum Gasteiger partial charge on any atom is -0.289 e. The molecule has 4 heteroatoms. The van der Waals surface area contributed by atoms with E-state index in [2.05, 4.69) is 15.9 Å². The van der Waals surface area contributed by atoms with E-state index in [-0.39, 0.29) is 5.78 Å². The lowest BCUT2D eigenvalue weighted by molar-refractivity contribution is 0.103. The summed E-state index contributed by atoms with van der Waals surface area (Å²) in [5.74, 6) is -0.0327. The Hall–Kier alpha value is -0.830. The standard InChI is InChI=1S/C15H11BrCl2O/c1-8-6-14(18)9(2)5-11(8)15(19)10-3-4-13(17)12(16)7-10/h3-7H,1-2H3. The molecular weight excluding hydrogens is 347 g/mol. The van der Waals surface area contributed by atoms with Crippen molar-refractivity contribution < 1.29 is 4.79 Å². The number of aryl methyl sites for hydroxylation is 2. The third-order valence-electron chi connectivity index (χ3n) is 2.93. The highest BCUT2D eigenvalue weighted by atomic mass is 79.9. The highest BCUT2D eigenvalue weighted by molar-refractivity contribution is 9.10. The van der Waals surface area contributed by atoms with Crippen LogP contribution in [0, 0.1) is 13.8 Å². The smallest absolute Gasteiger partial charge is 0.193 e. The van der Waals surface area contributed by atoms with Crippen LogP contribution in [-0.4, -0.2) is 5.78 Å². The lowest BCUT2D eigenvalue weighted by Gasteiger charge is -2.09. The van der Waals surface area contributed by atoms with Crippen LogP contribution in [0.2, 0.25) is 10.0 Å². The molecule has 0 saturated carbocycles. The molecule has 98 valence electrons. The van der Waals surface area contributed by atoms with Gasteiger partial charge in [-0.05, 0) is 71.2 Å². The Balaban J connectivity index is 2.49. The summed E-state index contributed by atoms with van der Waals surface area (Å²) in [5.41, 5.74) is 3.02. The molecule has 0 aliphatic carbocycles. The van der Waals surface area contributed by atoms with Crippen LogP contribution in [0.25, 0.3) is 0 Å². The summed E-state index contributed by atoms with van der Waals surface area (Å²) >= 11 is 15.3. The van der Waals surface area contributed by atoms with Crippen molar-refractivity contribution in [1.29, 1.82) is 0 Å². The number of carbonyl (C=O) groups excluding carboxylic acids is 1. The second-order valence-corrected chi connectivity index (χ2v) is 6.04. The summed E-state index contributed by atoms with van der Waals surface area (Å²) in [6.45, 7) is 3.76. The van der Waals surface area contributed by atoms with Gasteiger partial charge >= 0.3 is 0 Å². The lowest BCUT2D eigenvalue weighted by atomic mass is 9.97. The van der Waals surface area contributed by atoms with Crippen LogP contribution >= 0.6 is 39.1 Å². The Labute approximate surface area is 130 Å². The van der Waals surface area contributed by atoms with Gasteiger partial charge in [0.25, 0.3) is 0 Å². The molecule has 0 aliphatic rings. The first-order chi connectivity index (χ1) is 8.90. The molecule has 0 atom stereocenters. The first-order valence-corrected chi connectivity index (χ1v) is 7.21. The summed E-state index contributed by atoms with van der Waals surface area (Å²) < 4.78 is 0.711. The van der Waals surface area contributed by atoms with E-state index < -0.39 is 0 Å². The Morgan fingerprint density at radius 2 is 1.68 bits per heavy atom. The molecule has 0 radical (unpaired) electrons. The number of carbonyl (C=O) groups is 1. The van der Waals surface area contributed by atoms with Gasteiger partial charge < -0.3 is 0 Å². The summed E-state index contributed by atoms with van der Waals surface area (Å²) in [4.78, 5) is 12.5. The molecule has 0 amide bonds. The van der Waals surface area contributed by atoms with Crippen molar-refractivity contribution in [3.8, 4) is 0 Å². The fourth-order valence-corrected chi connectivity index (χ4v) is 2.53. The van der Waals surface area contributed by atoms with E-state index in [1.54, 1.807) is 18.2 Å². The number of hydrogen-bond donors (Lipinski definition) is 0. The zero-order valence-electron chi connectivity index (χ0n) is 10.4. The van der Waals surface area contributed by atoms with Gasteiger partial charge in [0.15, 0.2) is 5.78 Å². The van der Waals surface area contributed by atoms with Gasteiger partial charge in [-0.2, -0.15) is 0 Å². The molecule has 0 N–H and O–H groups in total. The van der Waals surface area contributed by atoms with Crippen LogP contribution in [0.1, 0.15) is 27.0 Å². The maximum absolute atomic E-state index is 12.5. The van der Waals surface area contributed by atoms with Crippen molar-refractivity contribution in [3.63, 3.8) is 0 Å². The monoisotopic (exact) mass is 356 g/mol. The van der Waals surface area contributed by atoms with E-state index in [0.29, 0.717) is 25.6 Å². The number of halogens is 3. The molecule has 2 aromatic rings. The van der Waals surface area contributed by atoms with Crippen molar-refractivity contribution in [1.82, 2.24) is 0 Å². The van der Waals surface area contributed by atoms with Gasteiger partial charge in [0, 0.05) is 20.6 Å². The Kier molecular flexibility index (Phi) is 4.34. The average molecular weight is 358 g/mol. The topological polar surface area (TPSA) is 17.1 Å². The number of benzene rings is 2. The van der Waals surface area contributed by atoms with Gasteiger partial charge in [-0.3, -0.25) is 4.79 Å². The molecule has 0 heterocycles. The zero-order chi connectivity index (χ0) is 14.2. The highest BCUT2D eigenvalue weighted by Crippen LogP contribution is 2.26. The molecule has 0 aromatic heterocycles. The largest absolute Gasteiger partial charge is 0.289 e. The molecular formula is C15H11BrCl2O. The molecule has 0 spiro atoms. The SMILES string of the molecule is Cc1cc(C(=O)c2ccc(Cl)c(Br)c2)c(C)cc1Cl. The van der Waals surface area contributed by atoms with Gasteiger partial charge in [0.1, 0.15) is 0 Å². The highest BCUT2D eigenvalue weighted by Gasteiger charge is 2.14. The van der Waals surface area contributed by atoms with Crippen molar-refractivity contribution in [2.45, 2.75) is 13.8 Å². The fourth-order valence-electron chi connectivity index (χ4n) is 1.82. The van der Waals surface area contributed by atoms with E-state index in [9.17, 15) is 4.79 Å². The van der Waals surface area contributed by atoms with Gasteiger partial charge in [0.05, 0.1) is 5.02 Å². The van der Waals surface area contributed by atoms with Gasteiger partial charge in [-0.15, -0.1) is 0 Å². The quantitative estimate of drug-likeness (QED) is 0.639. The summed E-state index contributed by atoms with van der Waals surface area (Å²) in [6, 6.07) is 8.79. The Bertz CT molecular complexity index is 665. The molecule has 2 aromatic carbocycles. The second kappa shape index (κ2) is 5.66. The zero-order valence-corrected chi connectivity index (χ0v) is 13.5. The van der Waals surface area contributed by atoms with E-state index in [0.717, 1.165) is 11.1 Å². The van der Waals surface area contributed by atoms with Crippen molar-refractivity contribution in [3.05, 3.63) is 67.1 Å². The van der Waals surface area contributed by atoms with E-state index in [1.165, 1.54) is 0 Å². The first-order valence-electron chi connectivity index (χ1n) is 5.66. The third-order valence-corrected chi connectivity index (χ3v) is 4.55. The number of hydrogen-bond acceptors (Lipinski definition) is 1. The van der Waals surface area contributed by atoms with Gasteiger partial charge in [-0.1, -0.05) is 23.2 Å². The molecule has 0 unspecified atom stereocenters. The molecule has 0 aliphatic heterocycles. The molecule has 1 nitrogen and oxygen atoms in total. The number of ketones is 1. The number of rotatable bonds is 2. The van der Waals surface area contributed by atoms with Crippen molar-refractivity contribution in [2.75, 3.05) is 0 Å². The normalized spacial score (nSPS) is 10.6. The van der Waals surface area contributed by atoms with Crippen molar-refractivity contribution >= 4 is 44.9 Å². The molecule has 19 heavy (non-hydrogen) atoms. The summed E-state index contributed by atoms with van der Waals surface area (Å²) in [5, 5.41) is 1.26. The molecule has 2 rings (SSSR count). The minimum absolute atomic E-state index is 0.0327. The van der Waals surface area contributed by atoms with Crippen LogP contribution in [0.15, 0.2) is 34.8 Å². The van der Waals surface area contributed by atoms with Crippen LogP contribution < -0.4 is 0 Å². The maximum Gasteiger partial charge on any atom is 0.193 e. The summed E-state index contributed by atoms with van der Waals surface area (Å²) in [7, 11) is 0. The van der Waals surface area contributed by atoms with E-state index in [4.69, 9.17) is 23.2 Å². The molecule has 0 bridgehead atoms. The van der Waals surface area contributed by atoms with Crippen molar-refractivity contribution in [2.24, 2.45) is 0 Å². The Morgan fingerprint density at radius 3 is 2.32 bits per heavy atom. The van der Waals surface area contributed by atoms with Gasteiger partial charge in [0.2, 0.25) is 0 Å². The lowest BCUT2D eigenvalue weighted by Crippen LogP contribution is -2.04. The van der Waals surface area contributed by atoms with Crippen LogP contribution in [0.5, 0.6) is 0 Å². The average Bonchev–Trinajstić information content (AvgIpc) is 2.36. The minimum atomic E-state index is -0.0327. The second-order valence-electron chi connectivity index (χ2n) is 4.37. The predicted octanol–water partition coefficient (Wildman–Crippen LogP) is 5.60. The van der Waals surface area contributed by atoms with Crippen LogP contribution in [0.3, 0.4) is 0 Å². The van der Waals surface area contributed by atoms with Crippen LogP contribution in [-0.2, 0) is 0 Å². The molecule has 0 saturated heterocycles. The third kappa shape index (κ3) is 3.02. The van der Waals surface area contributed by atoms with Crippen LogP contribution in [0.4, 0.5) is 0 Å². The van der Waals surface area contributed by atoms with E-state index in [1.807, 2.05) is 26.0 Å². The summed E-state index contributed by atoms with van der Waals surface area (Å²) in [6.07, 6.45) is 0. The van der Waals surface area contributed by atoms with Gasteiger partial charge in [-0.25, -0.2) is 0 Å². The fraction of sp³-hybridized carbons (Fsp3) is 0.133.